The molecule has 0 radical (unpaired) electrons. The second kappa shape index (κ2) is 7.63. The number of carbonyl (C=O) groups excluding carboxylic acids is 2. The molecule has 0 atom stereocenters. The number of imide groups is 1. The van der Waals surface area contributed by atoms with Gasteiger partial charge < -0.3 is 9.52 Å². The first-order valence-corrected chi connectivity index (χ1v) is 9.09. The molecule has 0 aliphatic carbocycles. The van der Waals surface area contributed by atoms with Crippen molar-refractivity contribution in [3.63, 3.8) is 0 Å². The van der Waals surface area contributed by atoms with E-state index in [2.05, 4.69) is 4.98 Å². The lowest BCUT2D eigenvalue weighted by Crippen LogP contribution is -2.29. The van der Waals surface area contributed by atoms with Gasteiger partial charge in [0.25, 0.3) is 17.8 Å². The maximum absolute atomic E-state index is 12.6. The number of hydrogen-bond donors (Lipinski definition) is 1. The number of aliphatic carboxylic acids is 1. The normalized spacial score (nSPS) is 12.5. The van der Waals surface area contributed by atoms with Crippen LogP contribution < -0.4 is 4.90 Å². The number of para-hydroxylation sites is 2. The van der Waals surface area contributed by atoms with E-state index in [1.54, 1.807) is 48.5 Å². The molecule has 3 aromatic carbocycles. The van der Waals surface area contributed by atoms with E-state index < -0.39 is 5.97 Å². The molecule has 1 N–H and O–H groups in total. The van der Waals surface area contributed by atoms with Gasteiger partial charge in [-0.25, -0.2) is 9.88 Å². The summed E-state index contributed by atoms with van der Waals surface area (Å²) in [4.78, 5) is 39.8. The van der Waals surface area contributed by atoms with Crippen molar-refractivity contribution in [3.8, 4) is 11.5 Å². The molecular formula is C23H16N2O5. The van der Waals surface area contributed by atoms with E-state index in [-0.39, 0.29) is 11.8 Å². The second-order valence-electron chi connectivity index (χ2n) is 6.54. The third-order valence-electron chi connectivity index (χ3n) is 4.46. The van der Waals surface area contributed by atoms with Crippen molar-refractivity contribution in [2.45, 2.75) is 6.92 Å². The molecule has 0 spiro atoms. The van der Waals surface area contributed by atoms with Crippen LogP contribution in [0, 0.1) is 0 Å². The van der Waals surface area contributed by atoms with Crippen LogP contribution in [0.25, 0.3) is 22.6 Å². The van der Waals surface area contributed by atoms with Gasteiger partial charge in [-0.2, -0.15) is 0 Å². The van der Waals surface area contributed by atoms with Crippen molar-refractivity contribution in [2.75, 3.05) is 4.90 Å². The van der Waals surface area contributed by atoms with Gasteiger partial charge in [0.1, 0.15) is 5.52 Å². The van der Waals surface area contributed by atoms with Crippen LogP contribution in [-0.2, 0) is 4.79 Å². The number of aromatic nitrogens is 1. The highest BCUT2D eigenvalue weighted by Crippen LogP contribution is 2.30. The van der Waals surface area contributed by atoms with Gasteiger partial charge in [0.05, 0.1) is 16.8 Å². The van der Waals surface area contributed by atoms with Crippen molar-refractivity contribution in [1.29, 1.82) is 0 Å². The van der Waals surface area contributed by atoms with Gasteiger partial charge in [0.2, 0.25) is 5.89 Å². The average molecular weight is 400 g/mol. The highest BCUT2D eigenvalue weighted by Gasteiger charge is 2.36. The molecule has 30 heavy (non-hydrogen) atoms. The number of nitrogens with zero attached hydrogens (tertiary/aromatic N) is 2. The fraction of sp³-hybridized carbons (Fsp3) is 0.0435. The Labute approximate surface area is 171 Å². The largest absolute Gasteiger partial charge is 0.481 e. The molecule has 4 aromatic rings. The Hall–Kier alpha value is -4.26. The average Bonchev–Trinajstić information content (AvgIpc) is 3.28. The quantitative estimate of drug-likeness (QED) is 0.501. The number of amides is 2. The lowest BCUT2D eigenvalue weighted by molar-refractivity contribution is -0.134. The zero-order valence-electron chi connectivity index (χ0n) is 15.9. The van der Waals surface area contributed by atoms with E-state index in [1.165, 1.54) is 4.90 Å². The number of hydrogen-bond acceptors (Lipinski definition) is 5. The van der Waals surface area contributed by atoms with Gasteiger partial charge in [-0.1, -0.05) is 24.3 Å². The van der Waals surface area contributed by atoms with Crippen LogP contribution in [-0.4, -0.2) is 27.9 Å². The molecule has 148 valence electrons. The predicted octanol–water partition coefficient (Wildman–Crippen LogP) is 4.39. The molecule has 0 bridgehead atoms. The van der Waals surface area contributed by atoms with Crippen LogP contribution in [0.3, 0.4) is 0 Å². The summed E-state index contributed by atoms with van der Waals surface area (Å²) >= 11 is 0. The predicted molar refractivity (Wildman–Crippen MR) is 110 cm³/mol. The fourth-order valence-corrected chi connectivity index (χ4v) is 3.17. The molecule has 5 rings (SSSR count). The van der Waals surface area contributed by atoms with Gasteiger partial charge in [-0.05, 0) is 48.5 Å². The monoisotopic (exact) mass is 400 g/mol. The number of carboxylic acid groups (broad SMARTS) is 1. The van der Waals surface area contributed by atoms with E-state index in [9.17, 15) is 9.59 Å². The zero-order chi connectivity index (χ0) is 21.3. The third kappa shape index (κ3) is 3.44. The Bertz CT molecular complexity index is 1200. The highest BCUT2D eigenvalue weighted by molar-refractivity contribution is 6.34. The topological polar surface area (TPSA) is 101 Å². The summed E-state index contributed by atoms with van der Waals surface area (Å²) in [5, 5.41) is 7.42. The molecular weight excluding hydrogens is 384 g/mol. The summed E-state index contributed by atoms with van der Waals surface area (Å²) in [5.41, 5.74) is 3.66. The molecule has 7 heteroatoms. The van der Waals surface area contributed by atoms with E-state index in [0.717, 1.165) is 18.0 Å². The standard InChI is InChI=1S/C21H12N2O3.C2H4O2/c24-20-15-5-1-2-6-16(15)21(25)23(20)14-11-9-13(10-12-14)19-22-17-7-3-4-8-18(17)26-19;1-2(3)4/h1-12H;1H3,(H,3,4). The molecule has 1 aliphatic heterocycles. The molecule has 0 unspecified atom stereocenters. The summed E-state index contributed by atoms with van der Waals surface area (Å²) in [6.07, 6.45) is 0. The third-order valence-corrected chi connectivity index (χ3v) is 4.46. The molecule has 7 nitrogen and oxygen atoms in total. The highest BCUT2D eigenvalue weighted by atomic mass is 16.4. The number of fused-ring (bicyclic) bond motifs is 2. The van der Waals surface area contributed by atoms with Crippen molar-refractivity contribution in [1.82, 2.24) is 4.98 Å². The van der Waals surface area contributed by atoms with E-state index in [4.69, 9.17) is 14.3 Å². The Morgan fingerprint density at radius 2 is 1.40 bits per heavy atom. The molecule has 0 saturated heterocycles. The summed E-state index contributed by atoms with van der Waals surface area (Å²) in [6, 6.07) is 21.4. The lowest BCUT2D eigenvalue weighted by atomic mass is 10.1. The summed E-state index contributed by atoms with van der Waals surface area (Å²) in [6.45, 7) is 1.08. The first-order chi connectivity index (χ1) is 14.5. The van der Waals surface area contributed by atoms with Gasteiger partial charge in [-0.15, -0.1) is 0 Å². The minimum atomic E-state index is -0.833. The molecule has 1 aliphatic rings. The SMILES string of the molecule is CC(=O)O.O=C1c2ccccc2C(=O)N1c1ccc(-c2nc3ccccc3o2)cc1. The number of carbonyl (C=O) groups is 3. The number of benzene rings is 3. The molecule has 1 aromatic heterocycles. The second-order valence-corrected chi connectivity index (χ2v) is 6.54. The van der Waals surface area contributed by atoms with Gasteiger partial charge >= 0.3 is 0 Å². The summed E-state index contributed by atoms with van der Waals surface area (Å²) < 4.78 is 5.75. The molecule has 0 fully saturated rings. The summed E-state index contributed by atoms with van der Waals surface area (Å²) in [7, 11) is 0. The fourth-order valence-electron chi connectivity index (χ4n) is 3.17. The van der Waals surface area contributed by atoms with Crippen molar-refractivity contribution >= 4 is 34.6 Å². The van der Waals surface area contributed by atoms with E-state index >= 15 is 0 Å². The smallest absolute Gasteiger partial charge is 0.300 e. The van der Waals surface area contributed by atoms with Crippen LogP contribution in [0.5, 0.6) is 0 Å². The van der Waals surface area contributed by atoms with Gasteiger partial charge in [0.15, 0.2) is 5.58 Å². The number of rotatable bonds is 2. The Kier molecular flexibility index (Phi) is 4.85. The van der Waals surface area contributed by atoms with E-state index in [0.29, 0.717) is 28.3 Å². The summed E-state index contributed by atoms with van der Waals surface area (Å²) in [5.74, 6) is -0.944. The van der Waals surface area contributed by atoms with E-state index in [1.807, 2.05) is 24.3 Å². The molecule has 0 saturated carbocycles. The number of anilines is 1. The number of carboxylic acids is 1. The first kappa shape index (κ1) is 19.1. The first-order valence-electron chi connectivity index (χ1n) is 9.09. The van der Waals surface area contributed by atoms with Crippen LogP contribution in [0.2, 0.25) is 0 Å². The van der Waals surface area contributed by atoms with Crippen LogP contribution in [0.1, 0.15) is 27.6 Å². The van der Waals surface area contributed by atoms with Gasteiger partial charge in [0, 0.05) is 12.5 Å². The van der Waals surface area contributed by atoms with Crippen molar-refractivity contribution < 1.29 is 23.9 Å². The van der Waals surface area contributed by atoms with Gasteiger partial charge in [-0.3, -0.25) is 14.4 Å². The Morgan fingerprint density at radius 3 is 1.97 bits per heavy atom. The number of oxazole rings is 1. The minimum Gasteiger partial charge on any atom is -0.481 e. The maximum atomic E-state index is 12.6. The lowest BCUT2D eigenvalue weighted by Gasteiger charge is -2.13. The van der Waals surface area contributed by atoms with Crippen molar-refractivity contribution in [3.05, 3.63) is 83.9 Å². The Morgan fingerprint density at radius 1 is 0.867 bits per heavy atom. The minimum absolute atomic E-state index is 0.305. The molecule has 2 amide bonds. The van der Waals surface area contributed by atoms with Crippen LogP contribution >= 0.6 is 0 Å². The maximum Gasteiger partial charge on any atom is 0.300 e. The Balaban J connectivity index is 0.000000503. The zero-order valence-corrected chi connectivity index (χ0v) is 15.9. The van der Waals surface area contributed by atoms with Crippen molar-refractivity contribution in [2.24, 2.45) is 0 Å². The van der Waals surface area contributed by atoms with Crippen LogP contribution in [0.4, 0.5) is 5.69 Å². The van der Waals surface area contributed by atoms with Crippen LogP contribution in [0.15, 0.2) is 77.2 Å². The molecule has 2 heterocycles.